The van der Waals surface area contributed by atoms with Gasteiger partial charge in [-0.05, 0) is 75.2 Å². The number of halogens is 1. The highest BCUT2D eigenvalue weighted by Crippen LogP contribution is 2.51. The van der Waals surface area contributed by atoms with Gasteiger partial charge in [0.15, 0.2) is 0 Å². The molecule has 6 rings (SSSR count). The van der Waals surface area contributed by atoms with Crippen molar-refractivity contribution in [1.29, 1.82) is 0 Å². The number of fused-ring (bicyclic) bond motifs is 2. The fourth-order valence-corrected chi connectivity index (χ4v) is 4.90. The van der Waals surface area contributed by atoms with Gasteiger partial charge in [-0.3, -0.25) is 4.79 Å². The van der Waals surface area contributed by atoms with Crippen molar-refractivity contribution in [1.82, 2.24) is 9.78 Å². The van der Waals surface area contributed by atoms with Gasteiger partial charge in [-0.25, -0.2) is 9.07 Å². The highest BCUT2D eigenvalue weighted by atomic mass is 19.1. The van der Waals surface area contributed by atoms with E-state index in [1.807, 2.05) is 29.2 Å². The maximum Gasteiger partial charge on any atom is 0.233 e. The Labute approximate surface area is 197 Å². The molecule has 34 heavy (non-hydrogen) atoms. The van der Waals surface area contributed by atoms with Crippen LogP contribution in [-0.4, -0.2) is 21.7 Å². The van der Waals surface area contributed by atoms with Crippen molar-refractivity contribution in [3.8, 4) is 11.4 Å². The summed E-state index contributed by atoms with van der Waals surface area (Å²) < 4.78 is 21.7. The summed E-state index contributed by atoms with van der Waals surface area (Å²) in [6.07, 6.45) is 3.41. The molecule has 0 bridgehead atoms. The lowest BCUT2D eigenvalue weighted by Crippen LogP contribution is -2.42. The minimum Gasteiger partial charge on any atom is -0.483 e. The van der Waals surface area contributed by atoms with Crippen molar-refractivity contribution in [2.75, 3.05) is 4.90 Å². The lowest BCUT2D eigenvalue weighted by molar-refractivity contribution is -0.123. The highest BCUT2D eigenvalue weighted by molar-refractivity contribution is 6.01. The van der Waals surface area contributed by atoms with Gasteiger partial charge in [0.1, 0.15) is 17.7 Å². The van der Waals surface area contributed by atoms with E-state index in [-0.39, 0.29) is 29.3 Å². The normalized spacial score (nSPS) is 20.4. The molecule has 1 fully saturated rings. The van der Waals surface area contributed by atoms with E-state index in [9.17, 15) is 9.18 Å². The molecule has 1 aliphatic heterocycles. The van der Waals surface area contributed by atoms with E-state index in [0.717, 1.165) is 52.0 Å². The molecule has 2 aliphatic rings. The van der Waals surface area contributed by atoms with Crippen LogP contribution in [-0.2, 0) is 4.79 Å². The Hall–Kier alpha value is -3.67. The van der Waals surface area contributed by atoms with Gasteiger partial charge in [0.25, 0.3) is 0 Å². The third kappa shape index (κ3) is 3.28. The lowest BCUT2D eigenvalue weighted by atomic mass is 10.0. The SMILES string of the molecule is Cc1ccc2c(c1)[C@@H](Oc1ccc3c(cnn3-c3ccc(F)cc3)c1)[C@H](C)N2C(=O)C1(C)CC1. The summed E-state index contributed by atoms with van der Waals surface area (Å²) in [5.41, 5.74) is 4.59. The van der Waals surface area contributed by atoms with E-state index < -0.39 is 0 Å². The average molecular weight is 456 g/mol. The Morgan fingerprint density at radius 1 is 1.09 bits per heavy atom. The molecule has 0 unspecified atom stereocenters. The van der Waals surface area contributed by atoms with E-state index in [1.54, 1.807) is 23.0 Å². The predicted octanol–water partition coefficient (Wildman–Crippen LogP) is 6.13. The topological polar surface area (TPSA) is 47.4 Å². The minimum atomic E-state index is -0.277. The average Bonchev–Trinajstić information content (AvgIpc) is 3.35. The number of carbonyl (C=O) groups is 1. The van der Waals surface area contributed by atoms with Gasteiger partial charge in [-0.15, -0.1) is 0 Å². The number of hydrogen-bond acceptors (Lipinski definition) is 3. The van der Waals surface area contributed by atoms with E-state index in [1.165, 1.54) is 12.1 Å². The first-order chi connectivity index (χ1) is 16.3. The highest BCUT2D eigenvalue weighted by Gasteiger charge is 2.52. The number of aromatic nitrogens is 2. The first-order valence-corrected chi connectivity index (χ1v) is 11.7. The number of rotatable bonds is 4. The summed E-state index contributed by atoms with van der Waals surface area (Å²) in [4.78, 5) is 15.3. The van der Waals surface area contributed by atoms with Gasteiger partial charge >= 0.3 is 0 Å². The van der Waals surface area contributed by atoms with E-state index >= 15 is 0 Å². The smallest absolute Gasteiger partial charge is 0.233 e. The summed E-state index contributed by atoms with van der Waals surface area (Å²) in [6, 6.07) is 18.2. The maximum absolute atomic E-state index is 13.4. The van der Waals surface area contributed by atoms with E-state index in [0.29, 0.717) is 0 Å². The summed E-state index contributed by atoms with van der Waals surface area (Å²) in [5, 5.41) is 5.41. The van der Waals surface area contributed by atoms with Gasteiger partial charge in [-0.1, -0.05) is 24.6 Å². The maximum atomic E-state index is 13.4. The zero-order valence-electron chi connectivity index (χ0n) is 19.5. The van der Waals surface area contributed by atoms with Crippen LogP contribution in [0.2, 0.25) is 0 Å². The van der Waals surface area contributed by atoms with Gasteiger partial charge in [-0.2, -0.15) is 5.10 Å². The second-order valence-corrected chi connectivity index (χ2v) is 9.83. The summed E-state index contributed by atoms with van der Waals surface area (Å²) >= 11 is 0. The molecule has 0 N–H and O–H groups in total. The number of carbonyl (C=O) groups excluding carboxylic acids is 1. The Kier molecular flexibility index (Phi) is 4.56. The van der Waals surface area contributed by atoms with E-state index in [4.69, 9.17) is 4.74 Å². The number of aryl methyl sites for hydroxylation is 1. The number of benzene rings is 3. The Bertz CT molecular complexity index is 1420. The monoisotopic (exact) mass is 455 g/mol. The van der Waals surface area contributed by atoms with Crippen molar-refractivity contribution in [2.45, 2.75) is 45.8 Å². The van der Waals surface area contributed by atoms with Crippen LogP contribution >= 0.6 is 0 Å². The molecular formula is C28H26FN3O2. The molecule has 5 nitrogen and oxygen atoms in total. The molecule has 0 radical (unpaired) electrons. The molecule has 3 aromatic carbocycles. The third-order valence-corrected chi connectivity index (χ3v) is 7.20. The van der Waals surface area contributed by atoms with Gasteiger partial charge < -0.3 is 9.64 Å². The van der Waals surface area contributed by atoms with Crippen LogP contribution in [0.3, 0.4) is 0 Å². The first kappa shape index (κ1) is 20.9. The van der Waals surface area contributed by atoms with Crippen molar-refractivity contribution in [2.24, 2.45) is 5.41 Å². The van der Waals surface area contributed by atoms with Gasteiger partial charge in [0.2, 0.25) is 5.91 Å². The van der Waals surface area contributed by atoms with Crippen LogP contribution in [0.4, 0.5) is 10.1 Å². The van der Waals surface area contributed by atoms with Gasteiger partial charge in [0.05, 0.1) is 29.1 Å². The van der Waals surface area contributed by atoms with Crippen molar-refractivity contribution < 1.29 is 13.9 Å². The summed E-state index contributed by atoms with van der Waals surface area (Å²) in [6.45, 7) is 6.18. The number of anilines is 1. The summed E-state index contributed by atoms with van der Waals surface area (Å²) in [7, 11) is 0. The van der Waals surface area contributed by atoms with Crippen LogP contribution in [0.1, 0.15) is 43.9 Å². The Balaban J connectivity index is 1.33. The zero-order chi connectivity index (χ0) is 23.6. The molecule has 0 saturated heterocycles. The van der Waals surface area contributed by atoms with Crippen LogP contribution in [0.5, 0.6) is 5.75 Å². The molecule has 1 saturated carbocycles. The lowest BCUT2D eigenvalue weighted by Gasteiger charge is -2.28. The van der Waals surface area contributed by atoms with Gasteiger partial charge in [0, 0.05) is 16.4 Å². The Morgan fingerprint density at radius 2 is 1.85 bits per heavy atom. The molecule has 1 aromatic heterocycles. The molecule has 0 spiro atoms. The minimum absolute atomic E-state index is 0.112. The van der Waals surface area contributed by atoms with Crippen molar-refractivity contribution in [3.63, 3.8) is 0 Å². The summed E-state index contributed by atoms with van der Waals surface area (Å²) in [5.74, 6) is 0.634. The third-order valence-electron chi connectivity index (χ3n) is 7.20. The number of ether oxygens (including phenoxy) is 1. The number of amides is 1. The quantitative estimate of drug-likeness (QED) is 0.372. The molecule has 2 heterocycles. The molecular weight excluding hydrogens is 429 g/mol. The van der Waals surface area contributed by atoms with Crippen LogP contribution < -0.4 is 9.64 Å². The number of nitrogens with zero attached hydrogens (tertiary/aromatic N) is 3. The molecule has 1 amide bonds. The molecule has 2 atom stereocenters. The second-order valence-electron chi connectivity index (χ2n) is 9.83. The van der Waals surface area contributed by atoms with Crippen molar-refractivity contribution in [3.05, 3.63) is 83.8 Å². The first-order valence-electron chi connectivity index (χ1n) is 11.7. The largest absolute Gasteiger partial charge is 0.483 e. The number of hydrogen-bond donors (Lipinski definition) is 0. The predicted molar refractivity (Wildman–Crippen MR) is 130 cm³/mol. The van der Waals surface area contributed by atoms with Crippen LogP contribution in [0.25, 0.3) is 16.6 Å². The van der Waals surface area contributed by atoms with Crippen LogP contribution in [0.15, 0.2) is 66.9 Å². The standard InChI is InChI=1S/C28H26FN3O2/c1-17-4-10-25-23(14-17)26(18(2)31(25)27(33)28(3)12-13-28)34-22-9-11-24-19(15-22)16-30-32(24)21-7-5-20(29)6-8-21/h4-11,14-16,18,26H,12-13H2,1-3H3/t18-,26-/m0/s1. The molecule has 172 valence electrons. The molecule has 4 aromatic rings. The second kappa shape index (κ2) is 7.42. The zero-order valence-corrected chi connectivity index (χ0v) is 19.5. The molecule has 1 aliphatic carbocycles. The van der Waals surface area contributed by atoms with Crippen molar-refractivity contribution >= 4 is 22.5 Å². The van der Waals surface area contributed by atoms with Crippen LogP contribution in [0, 0.1) is 18.2 Å². The molecule has 6 heteroatoms. The fourth-order valence-electron chi connectivity index (χ4n) is 4.90. The van der Waals surface area contributed by atoms with E-state index in [2.05, 4.69) is 38.0 Å². The fraction of sp³-hybridized carbons (Fsp3) is 0.286. The Morgan fingerprint density at radius 3 is 2.59 bits per heavy atom.